The summed E-state index contributed by atoms with van der Waals surface area (Å²) in [6.45, 7) is 1.93. The minimum absolute atomic E-state index is 0. The zero-order valence-corrected chi connectivity index (χ0v) is 6.44. The van der Waals surface area contributed by atoms with Gasteiger partial charge in [0.2, 0.25) is 0 Å². The number of nitrogens with one attached hydrogen (secondary N) is 1. The molecule has 0 aromatic carbocycles. The van der Waals surface area contributed by atoms with E-state index in [4.69, 9.17) is 5.73 Å². The van der Waals surface area contributed by atoms with E-state index in [9.17, 15) is 0 Å². The van der Waals surface area contributed by atoms with Gasteiger partial charge in [-0.05, 0) is 6.26 Å². The van der Waals surface area contributed by atoms with Crippen molar-refractivity contribution in [3.63, 3.8) is 0 Å². The van der Waals surface area contributed by atoms with E-state index < -0.39 is 0 Å². The number of hydrogen-bond acceptors (Lipinski definition) is 3. The predicted octanol–water partition coefficient (Wildman–Crippen LogP) is 0.0294. The lowest BCUT2D eigenvalue weighted by Crippen LogP contribution is -2.63. The normalized spacial score (nSPS) is 23.2. The summed E-state index contributed by atoms with van der Waals surface area (Å²) >= 11 is 1.73. The largest absolute Gasteiger partial charge is 0.315 e. The zero-order valence-electron chi connectivity index (χ0n) is 4.81. The molecule has 0 aliphatic carbocycles. The van der Waals surface area contributed by atoms with E-state index in [2.05, 4.69) is 5.32 Å². The third-order valence-electron chi connectivity index (χ3n) is 1.25. The van der Waals surface area contributed by atoms with Gasteiger partial charge in [0.15, 0.2) is 0 Å². The highest BCUT2D eigenvalue weighted by Gasteiger charge is 2.30. The highest BCUT2D eigenvalue weighted by atomic mass is 35.5. The Morgan fingerprint density at radius 2 is 2.12 bits per heavy atom. The van der Waals surface area contributed by atoms with Crippen LogP contribution in [0.4, 0.5) is 0 Å². The Kier molecular flexibility index (Phi) is 3.12. The van der Waals surface area contributed by atoms with Crippen LogP contribution in [0.2, 0.25) is 0 Å². The molecule has 0 spiro atoms. The van der Waals surface area contributed by atoms with Crippen LogP contribution in [0, 0.1) is 0 Å². The van der Waals surface area contributed by atoms with Crippen LogP contribution in [0.3, 0.4) is 0 Å². The molecule has 2 nitrogen and oxygen atoms in total. The third-order valence-corrected chi connectivity index (χ3v) is 2.36. The maximum absolute atomic E-state index is 5.70. The molecule has 1 rings (SSSR count). The van der Waals surface area contributed by atoms with E-state index in [1.54, 1.807) is 11.8 Å². The van der Waals surface area contributed by atoms with Gasteiger partial charge in [-0.3, -0.25) is 0 Å². The highest BCUT2D eigenvalue weighted by molar-refractivity contribution is 8.00. The molecule has 1 heterocycles. The lowest BCUT2D eigenvalue weighted by molar-refractivity contribution is 0.405. The van der Waals surface area contributed by atoms with Crippen LogP contribution in [0.1, 0.15) is 0 Å². The summed E-state index contributed by atoms with van der Waals surface area (Å²) in [5.41, 5.74) is 5.70. The van der Waals surface area contributed by atoms with Gasteiger partial charge in [-0.15, -0.1) is 24.2 Å². The Labute approximate surface area is 60.0 Å². The average Bonchev–Trinajstić information content (AvgIpc) is 1.61. The molecular weight excluding hydrogens is 144 g/mol. The maximum Gasteiger partial charge on any atom is 0.0869 e. The lowest BCUT2D eigenvalue weighted by Gasteiger charge is -2.37. The highest BCUT2D eigenvalue weighted by Crippen LogP contribution is 2.19. The fourth-order valence-electron chi connectivity index (χ4n) is 0.516. The Bertz CT molecular complexity index is 68.9. The molecule has 1 fully saturated rings. The molecular formula is C4H11ClN2S. The second-order valence-corrected chi connectivity index (χ2v) is 3.09. The van der Waals surface area contributed by atoms with Gasteiger partial charge in [-0.25, -0.2) is 0 Å². The van der Waals surface area contributed by atoms with Crippen LogP contribution in [-0.4, -0.2) is 24.2 Å². The first kappa shape index (κ1) is 8.56. The van der Waals surface area contributed by atoms with Crippen molar-refractivity contribution < 1.29 is 0 Å². The smallest absolute Gasteiger partial charge is 0.0869 e. The van der Waals surface area contributed by atoms with Gasteiger partial charge in [0.25, 0.3) is 0 Å². The van der Waals surface area contributed by atoms with Crippen molar-refractivity contribution in [3.8, 4) is 0 Å². The van der Waals surface area contributed by atoms with E-state index >= 15 is 0 Å². The van der Waals surface area contributed by atoms with Crippen molar-refractivity contribution >= 4 is 24.2 Å². The van der Waals surface area contributed by atoms with Gasteiger partial charge in [0.05, 0.1) is 4.87 Å². The summed E-state index contributed by atoms with van der Waals surface area (Å²) in [4.78, 5) is 0.0694. The molecule has 4 heteroatoms. The van der Waals surface area contributed by atoms with Gasteiger partial charge in [-0.2, -0.15) is 0 Å². The molecule has 1 aliphatic rings. The molecule has 50 valence electrons. The van der Waals surface area contributed by atoms with Crippen molar-refractivity contribution in [2.75, 3.05) is 19.3 Å². The van der Waals surface area contributed by atoms with E-state index in [0.29, 0.717) is 0 Å². The van der Waals surface area contributed by atoms with Gasteiger partial charge in [0, 0.05) is 13.1 Å². The fraction of sp³-hybridized carbons (Fsp3) is 1.00. The molecule has 1 saturated heterocycles. The van der Waals surface area contributed by atoms with Crippen LogP contribution < -0.4 is 11.1 Å². The van der Waals surface area contributed by atoms with E-state index in [1.165, 1.54) is 0 Å². The summed E-state index contributed by atoms with van der Waals surface area (Å²) in [5.74, 6) is 0. The van der Waals surface area contributed by atoms with Crippen molar-refractivity contribution in [2.24, 2.45) is 5.73 Å². The van der Waals surface area contributed by atoms with E-state index in [-0.39, 0.29) is 17.3 Å². The molecule has 0 aromatic rings. The first-order valence-electron chi connectivity index (χ1n) is 2.32. The third kappa shape index (κ3) is 1.52. The topological polar surface area (TPSA) is 38.0 Å². The monoisotopic (exact) mass is 154 g/mol. The molecule has 0 saturated carbocycles. The fourth-order valence-corrected chi connectivity index (χ4v) is 1.01. The second kappa shape index (κ2) is 2.92. The van der Waals surface area contributed by atoms with Crippen LogP contribution in [0.5, 0.6) is 0 Å². The average molecular weight is 155 g/mol. The molecule has 0 atom stereocenters. The van der Waals surface area contributed by atoms with E-state index in [1.807, 2.05) is 6.26 Å². The van der Waals surface area contributed by atoms with Crippen LogP contribution in [0.15, 0.2) is 0 Å². The van der Waals surface area contributed by atoms with Gasteiger partial charge >= 0.3 is 0 Å². The van der Waals surface area contributed by atoms with Crippen LogP contribution in [-0.2, 0) is 0 Å². The predicted molar refractivity (Wildman–Crippen MR) is 40.6 cm³/mol. The first-order chi connectivity index (χ1) is 3.27. The van der Waals surface area contributed by atoms with Crippen molar-refractivity contribution in [3.05, 3.63) is 0 Å². The molecule has 0 unspecified atom stereocenters. The summed E-state index contributed by atoms with van der Waals surface area (Å²) in [5, 5.41) is 3.11. The number of halogens is 1. The second-order valence-electron chi connectivity index (χ2n) is 1.87. The van der Waals surface area contributed by atoms with Crippen molar-refractivity contribution in [1.82, 2.24) is 5.32 Å². The van der Waals surface area contributed by atoms with Gasteiger partial charge in [-0.1, -0.05) is 0 Å². The van der Waals surface area contributed by atoms with Gasteiger partial charge in [0.1, 0.15) is 0 Å². The first-order valence-corrected chi connectivity index (χ1v) is 3.54. The number of nitrogens with two attached hydrogens (primary N) is 1. The lowest BCUT2D eigenvalue weighted by atomic mass is 10.2. The number of rotatable bonds is 1. The minimum atomic E-state index is 0. The molecule has 0 bridgehead atoms. The minimum Gasteiger partial charge on any atom is -0.315 e. The summed E-state index contributed by atoms with van der Waals surface area (Å²) in [6, 6.07) is 0. The van der Waals surface area contributed by atoms with Crippen molar-refractivity contribution in [2.45, 2.75) is 4.87 Å². The van der Waals surface area contributed by atoms with Gasteiger partial charge < -0.3 is 11.1 Å². The molecule has 0 amide bonds. The molecule has 0 radical (unpaired) electrons. The van der Waals surface area contributed by atoms with Crippen LogP contribution >= 0.6 is 24.2 Å². The summed E-state index contributed by atoms with van der Waals surface area (Å²) < 4.78 is 0. The Morgan fingerprint density at radius 1 is 1.62 bits per heavy atom. The molecule has 1 aliphatic heterocycles. The SMILES string of the molecule is CSC1(N)CNC1.Cl. The molecule has 0 aromatic heterocycles. The maximum atomic E-state index is 5.70. The Hall–Kier alpha value is 0.560. The molecule has 3 N–H and O–H groups in total. The van der Waals surface area contributed by atoms with Crippen molar-refractivity contribution in [1.29, 1.82) is 0 Å². The number of thioether (sulfide) groups is 1. The number of hydrogen-bond donors (Lipinski definition) is 2. The Balaban J connectivity index is 0.000000490. The van der Waals surface area contributed by atoms with E-state index in [0.717, 1.165) is 13.1 Å². The zero-order chi connectivity index (χ0) is 5.33. The molecule has 8 heavy (non-hydrogen) atoms. The quantitative estimate of drug-likeness (QED) is 0.524. The Morgan fingerprint density at radius 3 is 2.12 bits per heavy atom. The van der Waals surface area contributed by atoms with Crippen LogP contribution in [0.25, 0.3) is 0 Å². The standard InChI is InChI=1S/C4H10N2S.ClH/c1-7-4(5)2-6-3-4;/h6H,2-3,5H2,1H3;1H. The summed E-state index contributed by atoms with van der Waals surface area (Å²) in [6.07, 6.45) is 2.04. The summed E-state index contributed by atoms with van der Waals surface area (Å²) in [7, 11) is 0.